The second-order valence-electron chi connectivity index (χ2n) is 11.0. The summed E-state index contributed by atoms with van der Waals surface area (Å²) in [6, 6.07) is 29.8. The van der Waals surface area contributed by atoms with Crippen LogP contribution in [-0.2, 0) is 12.8 Å². The van der Waals surface area contributed by atoms with E-state index in [9.17, 15) is 4.79 Å². The standard InChI is InChI=1S/C37H32N4O4/c1-43-32-19-25(20-33(44-2)34(32)45-3)37(42)39-27-16-17-31-30(21-27)36(38-26-15-14-22-9-6-11-24(22)18-26)41-35(40-31)29-13-7-10-23-8-4-5-12-28(23)29/h4-5,7-8,10,12-21H,6,9,11H2,1-3H3,(H,39,42)(H,38,40,41). The molecule has 8 nitrogen and oxygen atoms in total. The molecular formula is C37H32N4O4. The first-order chi connectivity index (χ1) is 22.0. The molecule has 224 valence electrons. The molecule has 0 bridgehead atoms. The summed E-state index contributed by atoms with van der Waals surface area (Å²) in [5.74, 6) is 2.17. The van der Waals surface area contributed by atoms with Crippen molar-refractivity contribution in [2.75, 3.05) is 32.0 Å². The summed E-state index contributed by atoms with van der Waals surface area (Å²) in [6.07, 6.45) is 3.37. The van der Waals surface area contributed by atoms with Gasteiger partial charge in [-0.3, -0.25) is 4.79 Å². The second-order valence-corrected chi connectivity index (χ2v) is 11.0. The third-order valence-corrected chi connectivity index (χ3v) is 8.27. The summed E-state index contributed by atoms with van der Waals surface area (Å²) in [4.78, 5) is 23.5. The predicted molar refractivity (Wildman–Crippen MR) is 178 cm³/mol. The average molecular weight is 597 g/mol. The molecule has 1 heterocycles. The van der Waals surface area contributed by atoms with Gasteiger partial charge in [-0.1, -0.05) is 48.5 Å². The minimum atomic E-state index is -0.324. The first kappa shape index (κ1) is 28.2. The molecule has 1 aliphatic carbocycles. The van der Waals surface area contributed by atoms with Gasteiger partial charge in [-0.05, 0) is 83.6 Å². The molecule has 7 rings (SSSR count). The van der Waals surface area contributed by atoms with Crippen LogP contribution in [0.3, 0.4) is 0 Å². The number of benzene rings is 5. The van der Waals surface area contributed by atoms with E-state index in [0.29, 0.717) is 40.1 Å². The molecule has 0 unspecified atom stereocenters. The summed E-state index contributed by atoms with van der Waals surface area (Å²) >= 11 is 0. The number of amides is 1. The highest BCUT2D eigenvalue weighted by atomic mass is 16.5. The Morgan fingerprint density at radius 2 is 1.47 bits per heavy atom. The van der Waals surface area contributed by atoms with Crippen molar-refractivity contribution in [1.29, 1.82) is 0 Å². The van der Waals surface area contributed by atoms with E-state index in [4.69, 9.17) is 24.2 Å². The molecule has 1 aromatic heterocycles. The summed E-state index contributed by atoms with van der Waals surface area (Å²) in [6.45, 7) is 0. The number of fused-ring (bicyclic) bond motifs is 3. The van der Waals surface area contributed by atoms with Crippen LogP contribution in [0.2, 0.25) is 0 Å². The fraction of sp³-hybridized carbons (Fsp3) is 0.162. The van der Waals surface area contributed by atoms with Crippen LogP contribution in [-0.4, -0.2) is 37.2 Å². The van der Waals surface area contributed by atoms with Crippen LogP contribution in [0.5, 0.6) is 17.2 Å². The van der Waals surface area contributed by atoms with Gasteiger partial charge in [0.1, 0.15) is 5.82 Å². The van der Waals surface area contributed by atoms with E-state index in [1.54, 1.807) is 12.1 Å². The van der Waals surface area contributed by atoms with Crippen molar-refractivity contribution in [3.63, 3.8) is 0 Å². The van der Waals surface area contributed by atoms with E-state index in [-0.39, 0.29) is 5.91 Å². The Morgan fingerprint density at radius 1 is 0.711 bits per heavy atom. The van der Waals surface area contributed by atoms with Gasteiger partial charge in [0.25, 0.3) is 5.91 Å². The average Bonchev–Trinajstić information content (AvgIpc) is 3.55. The molecule has 45 heavy (non-hydrogen) atoms. The van der Waals surface area contributed by atoms with Crippen LogP contribution in [0.15, 0.2) is 91.0 Å². The number of hydrogen-bond acceptors (Lipinski definition) is 7. The van der Waals surface area contributed by atoms with E-state index in [0.717, 1.165) is 45.8 Å². The highest BCUT2D eigenvalue weighted by Crippen LogP contribution is 2.39. The summed E-state index contributed by atoms with van der Waals surface area (Å²) in [5, 5.41) is 9.57. The summed E-state index contributed by atoms with van der Waals surface area (Å²) in [5.41, 5.74) is 6.40. The zero-order valence-corrected chi connectivity index (χ0v) is 25.3. The zero-order valence-electron chi connectivity index (χ0n) is 25.3. The van der Waals surface area contributed by atoms with E-state index >= 15 is 0 Å². The quantitative estimate of drug-likeness (QED) is 0.184. The van der Waals surface area contributed by atoms with Gasteiger partial charge in [0, 0.05) is 27.9 Å². The van der Waals surface area contributed by atoms with Gasteiger partial charge in [-0.15, -0.1) is 0 Å². The topological polar surface area (TPSA) is 94.6 Å². The normalized spacial score (nSPS) is 12.2. The van der Waals surface area contributed by atoms with Gasteiger partial charge in [-0.25, -0.2) is 9.97 Å². The van der Waals surface area contributed by atoms with Crippen LogP contribution in [0.1, 0.15) is 27.9 Å². The van der Waals surface area contributed by atoms with Gasteiger partial charge >= 0.3 is 0 Å². The van der Waals surface area contributed by atoms with E-state index in [1.165, 1.54) is 38.9 Å². The first-order valence-corrected chi connectivity index (χ1v) is 14.8. The van der Waals surface area contributed by atoms with Crippen LogP contribution in [0.4, 0.5) is 17.2 Å². The monoisotopic (exact) mass is 596 g/mol. The van der Waals surface area contributed by atoms with E-state index in [2.05, 4.69) is 53.1 Å². The fourth-order valence-corrected chi connectivity index (χ4v) is 6.04. The minimum absolute atomic E-state index is 0.324. The fourth-order valence-electron chi connectivity index (χ4n) is 6.04. The smallest absolute Gasteiger partial charge is 0.255 e. The molecule has 1 aliphatic rings. The van der Waals surface area contributed by atoms with Gasteiger partial charge in [0.2, 0.25) is 5.75 Å². The third-order valence-electron chi connectivity index (χ3n) is 8.27. The van der Waals surface area contributed by atoms with Crippen molar-refractivity contribution in [3.8, 4) is 28.6 Å². The molecule has 0 fully saturated rings. The Balaban J connectivity index is 1.30. The first-order valence-electron chi connectivity index (χ1n) is 14.8. The van der Waals surface area contributed by atoms with Gasteiger partial charge in [-0.2, -0.15) is 0 Å². The van der Waals surface area contributed by atoms with Gasteiger partial charge in [0.05, 0.1) is 26.8 Å². The predicted octanol–water partition coefficient (Wildman–Crippen LogP) is 7.96. The Hall–Kier alpha value is -5.63. The van der Waals surface area contributed by atoms with E-state index < -0.39 is 0 Å². The second kappa shape index (κ2) is 11.8. The number of hydrogen-bond donors (Lipinski definition) is 2. The van der Waals surface area contributed by atoms with Crippen molar-refractivity contribution in [2.24, 2.45) is 0 Å². The van der Waals surface area contributed by atoms with Crippen molar-refractivity contribution < 1.29 is 19.0 Å². The number of nitrogens with zero attached hydrogens (tertiary/aromatic N) is 2. The third kappa shape index (κ3) is 5.35. The lowest BCUT2D eigenvalue weighted by atomic mass is 10.0. The van der Waals surface area contributed by atoms with Crippen LogP contribution >= 0.6 is 0 Å². The van der Waals surface area contributed by atoms with Crippen molar-refractivity contribution in [2.45, 2.75) is 19.3 Å². The molecule has 2 N–H and O–H groups in total. The number of nitrogens with one attached hydrogen (secondary N) is 2. The minimum Gasteiger partial charge on any atom is -0.493 e. The SMILES string of the molecule is COc1cc(C(=O)Nc2ccc3nc(-c4cccc5ccccc45)nc(Nc4ccc5c(c4)CCC5)c3c2)cc(OC)c1OC. The Kier molecular flexibility index (Phi) is 7.39. The van der Waals surface area contributed by atoms with Crippen molar-refractivity contribution in [3.05, 3.63) is 108 Å². The van der Waals surface area contributed by atoms with E-state index in [1.807, 2.05) is 36.4 Å². The number of aromatic nitrogens is 2. The highest BCUT2D eigenvalue weighted by molar-refractivity contribution is 6.07. The number of aryl methyl sites for hydroxylation is 2. The number of carbonyl (C=O) groups is 1. The van der Waals surface area contributed by atoms with Crippen molar-refractivity contribution >= 4 is 44.8 Å². The lowest BCUT2D eigenvalue weighted by molar-refractivity contribution is 0.102. The molecule has 0 saturated carbocycles. The maximum Gasteiger partial charge on any atom is 0.255 e. The largest absolute Gasteiger partial charge is 0.493 e. The molecule has 1 amide bonds. The number of ether oxygens (including phenoxy) is 3. The molecular weight excluding hydrogens is 564 g/mol. The van der Waals surface area contributed by atoms with Crippen LogP contribution in [0.25, 0.3) is 33.1 Å². The molecule has 5 aromatic carbocycles. The zero-order chi connectivity index (χ0) is 30.9. The molecule has 0 radical (unpaired) electrons. The van der Waals surface area contributed by atoms with Crippen LogP contribution in [0, 0.1) is 0 Å². The van der Waals surface area contributed by atoms with Crippen LogP contribution < -0.4 is 24.8 Å². The number of carbonyl (C=O) groups excluding carboxylic acids is 1. The Labute approximate surface area is 261 Å². The number of rotatable bonds is 8. The van der Waals surface area contributed by atoms with Gasteiger partial charge < -0.3 is 24.8 Å². The highest BCUT2D eigenvalue weighted by Gasteiger charge is 2.19. The Bertz CT molecular complexity index is 2060. The molecule has 8 heteroatoms. The number of methoxy groups -OCH3 is 3. The number of anilines is 3. The lowest BCUT2D eigenvalue weighted by Gasteiger charge is -2.15. The molecule has 6 aromatic rings. The maximum atomic E-state index is 13.4. The molecule has 0 saturated heterocycles. The molecule has 0 spiro atoms. The Morgan fingerprint density at radius 3 is 2.27 bits per heavy atom. The summed E-state index contributed by atoms with van der Waals surface area (Å²) in [7, 11) is 4.56. The molecule has 0 atom stereocenters. The van der Waals surface area contributed by atoms with Gasteiger partial charge in [0.15, 0.2) is 17.3 Å². The summed E-state index contributed by atoms with van der Waals surface area (Å²) < 4.78 is 16.3. The maximum absolute atomic E-state index is 13.4. The lowest BCUT2D eigenvalue weighted by Crippen LogP contribution is -2.13. The molecule has 0 aliphatic heterocycles. The van der Waals surface area contributed by atoms with Crippen molar-refractivity contribution in [1.82, 2.24) is 9.97 Å².